The van der Waals surface area contributed by atoms with Crippen LogP contribution >= 0.6 is 11.8 Å². The molecule has 0 bridgehead atoms. The van der Waals surface area contributed by atoms with Crippen molar-refractivity contribution < 1.29 is 4.79 Å². The molecule has 1 saturated heterocycles. The van der Waals surface area contributed by atoms with Gasteiger partial charge in [-0.25, -0.2) is 4.98 Å². The van der Waals surface area contributed by atoms with E-state index in [1.165, 1.54) is 5.56 Å². The Morgan fingerprint density at radius 2 is 2.07 bits per heavy atom. The summed E-state index contributed by atoms with van der Waals surface area (Å²) < 4.78 is 1.75. The number of thioether (sulfide) groups is 1. The second-order valence-corrected chi connectivity index (χ2v) is 7.76. The monoisotopic (exact) mass is 394 g/mol. The summed E-state index contributed by atoms with van der Waals surface area (Å²) in [7, 11) is 1.86. The molecule has 2 aromatic heterocycles. The van der Waals surface area contributed by atoms with Crippen molar-refractivity contribution in [1.82, 2.24) is 19.7 Å². The summed E-state index contributed by atoms with van der Waals surface area (Å²) in [5.74, 6) is 2.31. The van der Waals surface area contributed by atoms with Gasteiger partial charge in [0.1, 0.15) is 22.7 Å². The van der Waals surface area contributed by atoms with Gasteiger partial charge in [-0.1, -0.05) is 30.3 Å². The second kappa shape index (κ2) is 8.02. The van der Waals surface area contributed by atoms with Gasteiger partial charge in [0.15, 0.2) is 0 Å². The Kier molecular flexibility index (Phi) is 5.29. The first-order valence-corrected chi connectivity index (χ1v) is 10.2. The van der Waals surface area contributed by atoms with Crippen molar-refractivity contribution in [3.8, 4) is 0 Å². The van der Waals surface area contributed by atoms with Crippen LogP contribution in [0, 0.1) is 6.92 Å². The average Bonchev–Trinajstić information content (AvgIpc) is 3.22. The van der Waals surface area contributed by atoms with Crippen LogP contribution in [-0.4, -0.2) is 38.2 Å². The lowest BCUT2D eigenvalue weighted by Crippen LogP contribution is -2.34. The molecule has 1 fully saturated rings. The Labute approximate surface area is 168 Å². The van der Waals surface area contributed by atoms with E-state index >= 15 is 0 Å². The number of carbonyl (C=O) groups is 1. The smallest absolute Gasteiger partial charge is 0.250 e. The van der Waals surface area contributed by atoms with Crippen molar-refractivity contribution in [3.63, 3.8) is 0 Å². The van der Waals surface area contributed by atoms with Crippen LogP contribution in [0.3, 0.4) is 0 Å². The molecule has 1 unspecified atom stereocenters. The number of amides is 1. The van der Waals surface area contributed by atoms with E-state index in [9.17, 15) is 4.79 Å². The van der Waals surface area contributed by atoms with Crippen LogP contribution in [-0.2, 0) is 17.6 Å². The highest BCUT2D eigenvalue weighted by molar-refractivity contribution is 7.98. The third-order valence-electron chi connectivity index (χ3n) is 4.62. The lowest BCUT2D eigenvalue weighted by Gasteiger charge is -2.17. The molecule has 0 saturated carbocycles. The molecule has 1 aliphatic heterocycles. The summed E-state index contributed by atoms with van der Waals surface area (Å²) >= 11 is 1.63. The Morgan fingerprint density at radius 1 is 1.25 bits per heavy atom. The Bertz CT molecular complexity index is 974. The predicted molar refractivity (Wildman–Crippen MR) is 110 cm³/mol. The fourth-order valence-corrected chi connectivity index (χ4v) is 4.09. The van der Waals surface area contributed by atoms with E-state index in [-0.39, 0.29) is 11.9 Å². The lowest BCUT2D eigenvalue weighted by molar-refractivity contribution is -0.117. The number of hydrogen-bond acceptors (Lipinski definition) is 6. The highest BCUT2D eigenvalue weighted by Crippen LogP contribution is 2.25. The highest BCUT2D eigenvalue weighted by Gasteiger charge is 2.34. The maximum Gasteiger partial charge on any atom is 0.250 e. The molecule has 0 spiro atoms. The molecule has 1 amide bonds. The molecular formula is C20H22N6OS. The van der Waals surface area contributed by atoms with Crippen LogP contribution in [0.15, 0.2) is 53.8 Å². The number of benzene rings is 1. The number of hydrogen-bond donors (Lipinski definition) is 1. The zero-order valence-corrected chi connectivity index (χ0v) is 16.7. The van der Waals surface area contributed by atoms with E-state index in [1.54, 1.807) is 33.7 Å². The summed E-state index contributed by atoms with van der Waals surface area (Å²) in [6.07, 6.45) is 4.13. The topological polar surface area (TPSA) is 75.9 Å². The Morgan fingerprint density at radius 3 is 2.82 bits per heavy atom. The third kappa shape index (κ3) is 4.01. The predicted octanol–water partition coefficient (Wildman–Crippen LogP) is 3.03. The van der Waals surface area contributed by atoms with Gasteiger partial charge >= 0.3 is 0 Å². The van der Waals surface area contributed by atoms with Crippen LogP contribution < -0.4 is 10.2 Å². The van der Waals surface area contributed by atoms with Crippen molar-refractivity contribution in [1.29, 1.82) is 0 Å². The molecule has 7 nitrogen and oxygen atoms in total. The van der Waals surface area contributed by atoms with Crippen molar-refractivity contribution >= 4 is 29.3 Å². The average molecular weight is 395 g/mol. The SMILES string of the molecule is Cc1cc(N2CCC(Nc3cncc(SCc4ccccc4)n3)C2=O)n(C)n1. The van der Waals surface area contributed by atoms with Crippen molar-refractivity contribution in [3.05, 3.63) is 60.0 Å². The van der Waals surface area contributed by atoms with E-state index in [2.05, 4.69) is 32.5 Å². The van der Waals surface area contributed by atoms with E-state index in [4.69, 9.17) is 0 Å². The summed E-state index contributed by atoms with van der Waals surface area (Å²) in [6.45, 7) is 2.58. The maximum absolute atomic E-state index is 12.8. The molecule has 144 valence electrons. The largest absolute Gasteiger partial charge is 0.357 e. The third-order valence-corrected chi connectivity index (χ3v) is 5.59. The Hall–Kier alpha value is -2.87. The Balaban J connectivity index is 1.40. The molecule has 0 radical (unpaired) electrons. The summed E-state index contributed by atoms with van der Waals surface area (Å²) in [4.78, 5) is 23.5. The van der Waals surface area contributed by atoms with Crippen molar-refractivity contribution in [2.75, 3.05) is 16.8 Å². The minimum absolute atomic E-state index is 0.0344. The minimum Gasteiger partial charge on any atom is -0.357 e. The number of rotatable bonds is 6. The number of carbonyl (C=O) groups excluding carboxylic acids is 1. The van der Waals surface area contributed by atoms with Crippen LogP contribution in [0.4, 0.5) is 11.6 Å². The van der Waals surface area contributed by atoms with Crippen molar-refractivity contribution in [2.24, 2.45) is 7.05 Å². The van der Waals surface area contributed by atoms with Gasteiger partial charge in [0.05, 0.1) is 18.1 Å². The van der Waals surface area contributed by atoms with Crippen LogP contribution in [0.1, 0.15) is 17.7 Å². The number of nitrogens with zero attached hydrogens (tertiary/aromatic N) is 5. The van der Waals surface area contributed by atoms with E-state index in [0.29, 0.717) is 18.8 Å². The van der Waals surface area contributed by atoms with Gasteiger partial charge in [0.25, 0.3) is 5.91 Å². The zero-order chi connectivity index (χ0) is 19.5. The van der Waals surface area contributed by atoms with E-state index in [0.717, 1.165) is 22.3 Å². The normalized spacial score (nSPS) is 16.6. The number of nitrogens with one attached hydrogen (secondary N) is 1. The zero-order valence-electron chi connectivity index (χ0n) is 15.9. The quantitative estimate of drug-likeness (QED) is 0.648. The molecule has 0 aliphatic carbocycles. The van der Waals surface area contributed by atoms with Gasteiger partial charge in [-0.3, -0.25) is 19.4 Å². The van der Waals surface area contributed by atoms with E-state index < -0.39 is 0 Å². The molecule has 1 N–H and O–H groups in total. The maximum atomic E-state index is 12.8. The first-order chi connectivity index (χ1) is 13.6. The molecule has 8 heteroatoms. The van der Waals surface area contributed by atoms with Gasteiger partial charge in [0, 0.05) is 25.4 Å². The molecule has 1 aromatic carbocycles. The molecule has 3 aromatic rings. The number of anilines is 2. The molecular weight excluding hydrogens is 372 g/mol. The number of aryl methyl sites for hydroxylation is 2. The van der Waals surface area contributed by atoms with Gasteiger partial charge < -0.3 is 5.32 Å². The highest BCUT2D eigenvalue weighted by atomic mass is 32.2. The minimum atomic E-state index is -0.307. The molecule has 3 heterocycles. The summed E-state index contributed by atoms with van der Waals surface area (Å²) in [5.41, 5.74) is 2.14. The first kappa shape index (κ1) is 18.5. The summed E-state index contributed by atoms with van der Waals surface area (Å²) in [6, 6.07) is 11.9. The molecule has 1 atom stereocenters. The van der Waals surface area contributed by atoms with E-state index in [1.807, 2.05) is 38.2 Å². The second-order valence-electron chi connectivity index (χ2n) is 6.76. The summed E-state index contributed by atoms with van der Waals surface area (Å²) in [5, 5.41) is 8.41. The van der Waals surface area contributed by atoms with Crippen LogP contribution in [0.2, 0.25) is 0 Å². The van der Waals surface area contributed by atoms with Gasteiger partial charge in [-0.2, -0.15) is 5.10 Å². The fraction of sp³-hybridized carbons (Fsp3) is 0.300. The molecule has 28 heavy (non-hydrogen) atoms. The van der Waals surface area contributed by atoms with Crippen molar-refractivity contribution in [2.45, 2.75) is 30.2 Å². The van der Waals surface area contributed by atoms with Gasteiger partial charge in [-0.15, -0.1) is 11.8 Å². The lowest BCUT2D eigenvalue weighted by atomic mass is 10.2. The van der Waals surface area contributed by atoms with Gasteiger partial charge in [0.2, 0.25) is 0 Å². The first-order valence-electron chi connectivity index (χ1n) is 9.17. The fourth-order valence-electron chi connectivity index (χ4n) is 3.29. The number of aromatic nitrogens is 4. The standard InChI is InChI=1S/C20H22N6OS/c1-14-10-19(25(2)24-14)26-9-8-16(20(26)27)22-17-11-21-12-18(23-17)28-13-15-6-4-3-5-7-15/h3-7,10-12,16H,8-9,13H2,1-2H3,(H,22,23). The van der Waals surface area contributed by atoms with Crippen LogP contribution in [0.5, 0.6) is 0 Å². The molecule has 4 rings (SSSR count). The molecule has 1 aliphatic rings. The van der Waals surface area contributed by atoms with Crippen LogP contribution in [0.25, 0.3) is 0 Å². The van der Waals surface area contributed by atoms with Gasteiger partial charge in [-0.05, 0) is 18.9 Å².